The van der Waals surface area contributed by atoms with Crippen molar-refractivity contribution < 1.29 is 23.9 Å². The van der Waals surface area contributed by atoms with Gasteiger partial charge in [0.05, 0.1) is 26.2 Å². The van der Waals surface area contributed by atoms with E-state index in [0.29, 0.717) is 23.7 Å². The summed E-state index contributed by atoms with van der Waals surface area (Å²) in [5.41, 5.74) is 6.95. The number of carbonyl (C=O) groups is 3. The summed E-state index contributed by atoms with van der Waals surface area (Å²) in [4.78, 5) is 38.6. The largest absolute Gasteiger partial charge is 0.493 e. The van der Waals surface area contributed by atoms with Gasteiger partial charge in [0.2, 0.25) is 11.8 Å². The van der Waals surface area contributed by atoms with Crippen LogP contribution in [0.2, 0.25) is 0 Å². The molecule has 0 saturated carbocycles. The lowest BCUT2D eigenvalue weighted by atomic mass is 9.93. The van der Waals surface area contributed by atoms with Crippen LogP contribution in [0.3, 0.4) is 0 Å². The number of fused-ring (bicyclic) bond motifs is 1. The highest BCUT2D eigenvalue weighted by molar-refractivity contribution is 5.96. The monoisotopic (exact) mass is 423 g/mol. The molecule has 0 unspecified atom stereocenters. The average molecular weight is 423 g/mol. The van der Waals surface area contributed by atoms with Crippen LogP contribution in [-0.2, 0) is 9.59 Å². The maximum absolute atomic E-state index is 12.6. The van der Waals surface area contributed by atoms with E-state index in [2.05, 4.69) is 10.9 Å². The van der Waals surface area contributed by atoms with Crippen LogP contribution in [0.15, 0.2) is 48.7 Å². The van der Waals surface area contributed by atoms with Gasteiger partial charge in [0, 0.05) is 18.7 Å². The molecule has 3 rings (SSSR count). The lowest BCUT2D eigenvalue weighted by molar-refractivity contribution is -0.130. The fraction of sp³-hybridized carbons (Fsp3) is 0.261. The van der Waals surface area contributed by atoms with E-state index < -0.39 is 17.9 Å². The molecule has 2 aromatic carbocycles. The molecule has 0 fully saturated rings. The third-order valence-electron chi connectivity index (χ3n) is 4.89. The van der Waals surface area contributed by atoms with Crippen LogP contribution >= 0.6 is 0 Å². The zero-order valence-corrected chi connectivity index (χ0v) is 17.7. The van der Waals surface area contributed by atoms with E-state index in [9.17, 15) is 14.4 Å². The molecular weight excluding hydrogens is 398 g/mol. The molecule has 0 bridgehead atoms. The minimum absolute atomic E-state index is 0.00614. The van der Waals surface area contributed by atoms with Crippen molar-refractivity contribution in [2.45, 2.75) is 26.3 Å². The second-order valence-corrected chi connectivity index (χ2v) is 6.89. The molecule has 1 heterocycles. The first-order chi connectivity index (χ1) is 14.9. The second-order valence-electron chi connectivity index (χ2n) is 6.89. The third kappa shape index (κ3) is 5.03. The van der Waals surface area contributed by atoms with Crippen molar-refractivity contribution in [2.75, 3.05) is 13.7 Å². The molecule has 162 valence electrons. The number of methoxy groups -OCH3 is 1. The zero-order valence-electron chi connectivity index (χ0n) is 17.7. The van der Waals surface area contributed by atoms with Gasteiger partial charge in [-0.2, -0.15) is 0 Å². The van der Waals surface area contributed by atoms with Crippen LogP contribution in [0.25, 0.3) is 6.08 Å². The Labute approximate surface area is 180 Å². The number of hydrazine groups is 1. The van der Waals surface area contributed by atoms with Gasteiger partial charge in [-0.15, -0.1) is 0 Å². The van der Waals surface area contributed by atoms with Gasteiger partial charge in [-0.05, 0) is 42.3 Å². The van der Waals surface area contributed by atoms with Gasteiger partial charge in [0.15, 0.2) is 11.5 Å². The van der Waals surface area contributed by atoms with Crippen molar-refractivity contribution in [1.82, 2.24) is 15.8 Å². The minimum Gasteiger partial charge on any atom is -0.493 e. The number of benzene rings is 2. The summed E-state index contributed by atoms with van der Waals surface area (Å²) in [6.45, 7) is 3.77. The number of hydrogen-bond donors (Lipinski definition) is 2. The van der Waals surface area contributed by atoms with Crippen molar-refractivity contribution in [2.24, 2.45) is 0 Å². The Balaban J connectivity index is 1.66. The molecule has 8 heteroatoms. The van der Waals surface area contributed by atoms with Crippen molar-refractivity contribution in [1.29, 1.82) is 0 Å². The zero-order chi connectivity index (χ0) is 22.4. The number of nitrogens with zero attached hydrogens (tertiary/aromatic N) is 1. The lowest BCUT2D eigenvalue weighted by Crippen LogP contribution is -2.43. The highest BCUT2D eigenvalue weighted by Gasteiger charge is 2.28. The van der Waals surface area contributed by atoms with Gasteiger partial charge >= 0.3 is 0 Å². The molecule has 0 saturated heterocycles. The Kier molecular flexibility index (Phi) is 6.92. The number of rotatable bonds is 6. The van der Waals surface area contributed by atoms with Gasteiger partial charge in [0.25, 0.3) is 5.91 Å². The number of ether oxygens (including phenoxy) is 2. The molecular formula is C23H25N3O5. The molecule has 0 spiro atoms. The summed E-state index contributed by atoms with van der Waals surface area (Å²) in [7, 11) is 1.48. The maximum Gasteiger partial charge on any atom is 0.269 e. The van der Waals surface area contributed by atoms with Crippen molar-refractivity contribution >= 4 is 23.8 Å². The average Bonchev–Trinajstić information content (AvgIpc) is 2.78. The molecule has 2 N–H and O–H groups in total. The number of carbonyl (C=O) groups excluding carboxylic acids is 3. The maximum atomic E-state index is 12.6. The van der Waals surface area contributed by atoms with Crippen molar-refractivity contribution in [3.05, 3.63) is 65.4 Å². The van der Waals surface area contributed by atoms with E-state index in [1.54, 1.807) is 18.3 Å². The highest BCUT2D eigenvalue weighted by Crippen LogP contribution is 2.32. The second kappa shape index (κ2) is 9.80. The van der Waals surface area contributed by atoms with Crippen LogP contribution in [0.4, 0.5) is 0 Å². The van der Waals surface area contributed by atoms with Gasteiger partial charge in [-0.1, -0.05) is 24.3 Å². The summed E-state index contributed by atoms with van der Waals surface area (Å²) < 4.78 is 10.7. The SMILES string of the molecule is CCOc1ccc(C(=O)NNC(=O)C[C@@H]2c3ccccc3C=CN2C(C)=O)cc1OC. The van der Waals surface area contributed by atoms with E-state index in [4.69, 9.17) is 9.47 Å². The van der Waals surface area contributed by atoms with Crippen molar-refractivity contribution in [3.63, 3.8) is 0 Å². The predicted molar refractivity (Wildman–Crippen MR) is 115 cm³/mol. The first kappa shape index (κ1) is 21.9. The van der Waals surface area contributed by atoms with Gasteiger partial charge in [-0.25, -0.2) is 0 Å². The number of hydrogen-bond acceptors (Lipinski definition) is 5. The molecule has 8 nitrogen and oxygen atoms in total. The molecule has 3 amide bonds. The first-order valence-electron chi connectivity index (χ1n) is 9.90. The number of amides is 3. The highest BCUT2D eigenvalue weighted by atomic mass is 16.5. The fourth-order valence-electron chi connectivity index (χ4n) is 3.42. The van der Waals surface area contributed by atoms with Crippen LogP contribution in [0, 0.1) is 0 Å². The molecule has 0 aromatic heterocycles. The Hall–Kier alpha value is -3.81. The van der Waals surface area contributed by atoms with Crippen molar-refractivity contribution in [3.8, 4) is 11.5 Å². The Bertz CT molecular complexity index is 1020. The molecule has 1 aliphatic rings. The normalized spacial score (nSPS) is 14.4. The molecule has 0 radical (unpaired) electrons. The molecule has 0 aliphatic carbocycles. The van der Waals surface area contributed by atoms with Crippen LogP contribution in [0.5, 0.6) is 11.5 Å². The van der Waals surface area contributed by atoms with E-state index in [-0.39, 0.29) is 12.3 Å². The minimum atomic E-state index is -0.498. The van der Waals surface area contributed by atoms with Crippen LogP contribution in [-0.4, -0.2) is 36.3 Å². The van der Waals surface area contributed by atoms with Gasteiger partial charge in [0.1, 0.15) is 0 Å². The predicted octanol–water partition coefficient (Wildman–Crippen LogP) is 2.82. The first-order valence-corrected chi connectivity index (χ1v) is 9.90. The Morgan fingerprint density at radius 3 is 2.55 bits per heavy atom. The Morgan fingerprint density at radius 1 is 1.06 bits per heavy atom. The summed E-state index contributed by atoms with van der Waals surface area (Å²) in [6.07, 6.45) is 3.51. The molecule has 31 heavy (non-hydrogen) atoms. The van der Waals surface area contributed by atoms with Crippen LogP contribution in [0.1, 0.15) is 47.8 Å². The van der Waals surface area contributed by atoms with Crippen LogP contribution < -0.4 is 20.3 Å². The smallest absolute Gasteiger partial charge is 0.269 e. The summed E-state index contributed by atoms with van der Waals surface area (Å²) in [6, 6.07) is 11.9. The van der Waals surface area contributed by atoms with Gasteiger partial charge < -0.3 is 14.4 Å². The molecule has 1 aliphatic heterocycles. The van der Waals surface area contributed by atoms with E-state index >= 15 is 0 Å². The lowest BCUT2D eigenvalue weighted by Gasteiger charge is -2.32. The summed E-state index contributed by atoms with van der Waals surface area (Å²) in [5.74, 6) is -0.147. The van der Waals surface area contributed by atoms with E-state index in [1.165, 1.54) is 25.0 Å². The number of nitrogens with one attached hydrogen (secondary N) is 2. The van der Waals surface area contributed by atoms with Gasteiger partial charge in [-0.3, -0.25) is 25.2 Å². The topological polar surface area (TPSA) is 97.0 Å². The van der Waals surface area contributed by atoms with E-state index in [0.717, 1.165) is 11.1 Å². The molecule has 2 aromatic rings. The van der Waals surface area contributed by atoms with E-state index in [1.807, 2.05) is 37.3 Å². The quantitative estimate of drug-likeness (QED) is 0.697. The summed E-state index contributed by atoms with van der Waals surface area (Å²) >= 11 is 0. The summed E-state index contributed by atoms with van der Waals surface area (Å²) in [5, 5.41) is 0. The molecule has 1 atom stereocenters. The third-order valence-corrected chi connectivity index (χ3v) is 4.89. The Morgan fingerprint density at radius 2 is 1.84 bits per heavy atom. The standard InChI is InChI=1S/C23H25N3O5/c1-4-31-20-10-9-17(13-21(20)30-3)23(29)25-24-22(28)14-19-18-8-6-5-7-16(18)11-12-26(19)15(2)27/h5-13,19H,4,14H2,1-3H3,(H,24,28)(H,25,29)/t19-/m1/s1. The fourth-order valence-corrected chi connectivity index (χ4v) is 3.42.